The summed E-state index contributed by atoms with van der Waals surface area (Å²) in [4.78, 5) is 0. The lowest BCUT2D eigenvalue weighted by atomic mass is 9.78. The van der Waals surface area contributed by atoms with E-state index in [2.05, 4.69) is 27.7 Å². The van der Waals surface area contributed by atoms with Crippen LogP contribution in [0, 0.1) is 0 Å². The molecule has 4 rings (SSSR count). The molecule has 0 spiro atoms. The summed E-state index contributed by atoms with van der Waals surface area (Å²) in [6.45, 7) is 8.97. The topological polar surface area (TPSA) is 34.3 Å². The maximum absolute atomic E-state index is 6.39. The van der Waals surface area contributed by atoms with E-state index in [1.807, 2.05) is 0 Å². The van der Waals surface area contributed by atoms with Gasteiger partial charge in [-0.1, -0.05) is 0 Å². The fraction of sp³-hybridized carbons (Fsp3) is 1.00. The molecule has 4 fully saturated rings. The van der Waals surface area contributed by atoms with Gasteiger partial charge < -0.3 is 14.2 Å². The molecule has 0 radical (unpaired) electrons. The summed E-state index contributed by atoms with van der Waals surface area (Å²) >= 11 is 0. The van der Waals surface area contributed by atoms with Crippen LogP contribution in [0.4, 0.5) is 0 Å². The van der Waals surface area contributed by atoms with Gasteiger partial charge in [0, 0.05) is 12.8 Å². The van der Waals surface area contributed by atoms with Gasteiger partial charge in [-0.25, -0.2) is 0 Å². The number of hydrogen-bond donors (Lipinski definition) is 0. The van der Waals surface area contributed by atoms with Crippen molar-refractivity contribution in [3.05, 3.63) is 0 Å². The maximum Gasteiger partial charge on any atom is 0.0973 e. The van der Waals surface area contributed by atoms with Crippen molar-refractivity contribution in [1.82, 2.24) is 0 Å². The summed E-state index contributed by atoms with van der Waals surface area (Å²) in [6.07, 6.45) is 7.49. The summed E-state index contributed by atoms with van der Waals surface area (Å²) in [5.74, 6) is 0. The van der Waals surface area contributed by atoms with Gasteiger partial charge in [-0.05, 0) is 53.4 Å². The lowest BCUT2D eigenvalue weighted by Gasteiger charge is -2.34. The fourth-order valence-electron chi connectivity index (χ4n) is 4.54. The van der Waals surface area contributed by atoms with Crippen molar-refractivity contribution in [3.8, 4) is 0 Å². The Morgan fingerprint density at radius 3 is 1.53 bits per heavy atom. The van der Waals surface area contributed by atoms with Gasteiger partial charge >= 0.3 is 0 Å². The summed E-state index contributed by atoms with van der Waals surface area (Å²) in [5, 5.41) is 0. The Kier molecular flexibility index (Phi) is 2.24. The molecular weight excluding hydrogens is 240 g/mol. The third-order valence-electron chi connectivity index (χ3n) is 6.56. The minimum absolute atomic E-state index is 0.0824. The van der Waals surface area contributed by atoms with Gasteiger partial charge in [-0.3, -0.25) is 0 Å². The zero-order valence-corrected chi connectivity index (χ0v) is 12.6. The van der Waals surface area contributed by atoms with Crippen LogP contribution in [0.15, 0.2) is 0 Å². The zero-order chi connectivity index (χ0) is 13.5. The number of ether oxygens (including phenoxy) is 3. The molecule has 2 aliphatic carbocycles. The van der Waals surface area contributed by atoms with E-state index >= 15 is 0 Å². The second kappa shape index (κ2) is 3.37. The molecule has 0 N–H and O–H groups in total. The normalized spacial score (nSPS) is 63.2. The highest BCUT2D eigenvalue weighted by Crippen LogP contribution is 2.59. The Hall–Kier alpha value is -0.120. The number of rotatable bonds is 2. The molecule has 108 valence electrons. The van der Waals surface area contributed by atoms with Crippen molar-refractivity contribution in [1.29, 1.82) is 0 Å². The Morgan fingerprint density at radius 2 is 1.16 bits per heavy atom. The standard InChI is InChI=1S/C16H26O3/c1-13-7-5-11(9-15(13,3)18-13)17-12-6-8-14(2)16(4,10-12)19-14/h11-12H,5-10H2,1-4H3. The van der Waals surface area contributed by atoms with Crippen LogP contribution in [-0.2, 0) is 14.2 Å². The van der Waals surface area contributed by atoms with Gasteiger partial charge in [-0.2, -0.15) is 0 Å². The van der Waals surface area contributed by atoms with Crippen molar-refractivity contribution < 1.29 is 14.2 Å². The molecule has 6 atom stereocenters. The van der Waals surface area contributed by atoms with Crippen molar-refractivity contribution in [2.45, 2.75) is 101 Å². The second-order valence-corrected chi connectivity index (χ2v) is 7.99. The second-order valence-electron chi connectivity index (χ2n) is 7.99. The molecule has 2 saturated carbocycles. The van der Waals surface area contributed by atoms with E-state index in [4.69, 9.17) is 14.2 Å². The summed E-state index contributed by atoms with van der Waals surface area (Å²) in [7, 11) is 0. The molecule has 0 aromatic heterocycles. The van der Waals surface area contributed by atoms with Crippen LogP contribution in [0.1, 0.15) is 66.2 Å². The van der Waals surface area contributed by atoms with E-state index in [-0.39, 0.29) is 22.4 Å². The number of fused-ring (bicyclic) bond motifs is 2. The minimum atomic E-state index is 0.0824. The molecule has 0 aromatic rings. The average molecular weight is 266 g/mol. The van der Waals surface area contributed by atoms with E-state index in [0.717, 1.165) is 38.5 Å². The van der Waals surface area contributed by atoms with Gasteiger partial charge in [-0.15, -0.1) is 0 Å². The minimum Gasteiger partial charge on any atom is -0.375 e. The highest BCUT2D eigenvalue weighted by atomic mass is 16.6. The lowest BCUT2D eigenvalue weighted by Crippen LogP contribution is -2.39. The first-order valence-electron chi connectivity index (χ1n) is 7.84. The number of hydrogen-bond acceptors (Lipinski definition) is 3. The Morgan fingerprint density at radius 1 is 0.737 bits per heavy atom. The van der Waals surface area contributed by atoms with Gasteiger partial charge in [0.2, 0.25) is 0 Å². The Labute approximate surface area is 116 Å². The maximum atomic E-state index is 6.39. The van der Waals surface area contributed by atoms with E-state index in [0.29, 0.717) is 12.2 Å². The predicted molar refractivity (Wildman–Crippen MR) is 72.2 cm³/mol. The zero-order valence-electron chi connectivity index (χ0n) is 12.6. The van der Waals surface area contributed by atoms with Gasteiger partial charge in [0.15, 0.2) is 0 Å². The monoisotopic (exact) mass is 266 g/mol. The molecule has 0 bridgehead atoms. The third kappa shape index (κ3) is 1.68. The summed E-state index contributed by atoms with van der Waals surface area (Å²) in [6, 6.07) is 0. The van der Waals surface area contributed by atoms with Crippen molar-refractivity contribution >= 4 is 0 Å². The van der Waals surface area contributed by atoms with Crippen LogP contribution in [0.5, 0.6) is 0 Å². The van der Waals surface area contributed by atoms with Crippen molar-refractivity contribution in [2.24, 2.45) is 0 Å². The van der Waals surface area contributed by atoms with Crippen LogP contribution in [0.3, 0.4) is 0 Å². The molecule has 2 heterocycles. The van der Waals surface area contributed by atoms with Crippen LogP contribution in [0.25, 0.3) is 0 Å². The molecule has 2 saturated heterocycles. The summed E-state index contributed by atoms with van der Waals surface area (Å²) < 4.78 is 18.3. The molecule has 4 aliphatic rings. The van der Waals surface area contributed by atoms with Gasteiger partial charge in [0.25, 0.3) is 0 Å². The van der Waals surface area contributed by atoms with Crippen LogP contribution >= 0.6 is 0 Å². The van der Waals surface area contributed by atoms with E-state index in [1.54, 1.807) is 0 Å². The van der Waals surface area contributed by atoms with Crippen LogP contribution in [0.2, 0.25) is 0 Å². The highest BCUT2D eigenvalue weighted by molar-refractivity contribution is 5.16. The largest absolute Gasteiger partial charge is 0.375 e. The van der Waals surface area contributed by atoms with Gasteiger partial charge in [0.1, 0.15) is 0 Å². The molecule has 19 heavy (non-hydrogen) atoms. The summed E-state index contributed by atoms with van der Waals surface area (Å²) in [5.41, 5.74) is 0.450. The molecule has 0 aromatic carbocycles. The predicted octanol–water partition coefficient (Wildman–Crippen LogP) is 3.20. The quantitative estimate of drug-likeness (QED) is 0.720. The first kappa shape index (κ1) is 12.6. The highest BCUT2D eigenvalue weighted by Gasteiger charge is 2.67. The average Bonchev–Trinajstić information content (AvgIpc) is 3.07. The third-order valence-corrected chi connectivity index (χ3v) is 6.56. The lowest BCUT2D eigenvalue weighted by molar-refractivity contribution is -0.0549. The molecule has 0 amide bonds. The van der Waals surface area contributed by atoms with E-state index in [9.17, 15) is 0 Å². The fourth-order valence-corrected chi connectivity index (χ4v) is 4.54. The SMILES string of the molecule is CC12CCC(OC3CCC4(C)OC4(C)C3)CC1(C)O2. The molecule has 2 aliphatic heterocycles. The number of epoxide rings is 2. The molecule has 3 heteroatoms. The first-order chi connectivity index (χ1) is 8.78. The van der Waals surface area contributed by atoms with E-state index in [1.165, 1.54) is 0 Å². The smallest absolute Gasteiger partial charge is 0.0973 e. The molecular formula is C16H26O3. The van der Waals surface area contributed by atoms with Crippen molar-refractivity contribution in [2.75, 3.05) is 0 Å². The first-order valence-corrected chi connectivity index (χ1v) is 7.84. The molecule has 3 nitrogen and oxygen atoms in total. The molecule has 6 unspecified atom stereocenters. The van der Waals surface area contributed by atoms with E-state index < -0.39 is 0 Å². The Balaban J connectivity index is 1.36. The van der Waals surface area contributed by atoms with Crippen LogP contribution < -0.4 is 0 Å². The Bertz CT molecular complexity index is 386. The van der Waals surface area contributed by atoms with Gasteiger partial charge in [0.05, 0.1) is 34.6 Å². The van der Waals surface area contributed by atoms with Crippen LogP contribution in [-0.4, -0.2) is 34.6 Å². The van der Waals surface area contributed by atoms with Crippen molar-refractivity contribution in [3.63, 3.8) is 0 Å².